The van der Waals surface area contributed by atoms with E-state index in [1.807, 2.05) is 0 Å². The van der Waals surface area contributed by atoms with Crippen molar-refractivity contribution in [3.8, 4) is 0 Å². The van der Waals surface area contributed by atoms with Crippen LogP contribution in [0.25, 0.3) is 0 Å². The molecule has 0 fully saturated rings. The highest BCUT2D eigenvalue weighted by atomic mass is 31.1. The van der Waals surface area contributed by atoms with Gasteiger partial charge in [-0.1, -0.05) is 0 Å². The smallest absolute Gasteiger partial charge is 0.239 e. The Bertz CT molecular complexity index is 219. The van der Waals surface area contributed by atoms with Gasteiger partial charge in [-0.2, -0.15) is 0 Å². The molecule has 0 heterocycles. The van der Waals surface area contributed by atoms with Gasteiger partial charge in [0.25, 0.3) is 0 Å². The molecule has 0 radical (unpaired) electrons. The monoisotopic (exact) mass is 282 g/mol. The van der Waals surface area contributed by atoms with E-state index >= 15 is 0 Å². The number of carbonyl (C=O) groups excluding carboxylic acids is 2. The molecular weight excluding hydrogens is 263 g/mol. The summed E-state index contributed by atoms with van der Waals surface area (Å²) in [4.78, 5) is 29.2. The maximum atomic E-state index is 11.0. The van der Waals surface area contributed by atoms with Crippen molar-refractivity contribution in [2.75, 3.05) is 46.1 Å². The first kappa shape index (κ1) is 17.2. The Kier molecular flexibility index (Phi) is 13.6. The summed E-state index contributed by atoms with van der Waals surface area (Å²) in [5, 5.41) is 4.81. The van der Waals surface area contributed by atoms with Crippen molar-refractivity contribution in [1.82, 2.24) is 10.6 Å². The summed E-state index contributed by atoms with van der Waals surface area (Å²) in [6.07, 6.45) is 0.467. The Labute approximate surface area is 107 Å². The van der Waals surface area contributed by atoms with Crippen molar-refractivity contribution in [1.29, 1.82) is 0 Å². The Balaban J connectivity index is 3.06. The summed E-state index contributed by atoms with van der Waals surface area (Å²) in [6, 6.07) is 0. The van der Waals surface area contributed by atoms with Crippen LogP contribution in [0.2, 0.25) is 0 Å². The predicted octanol–water partition coefficient (Wildman–Crippen LogP) is -1.60. The molecule has 0 bridgehead atoms. The van der Waals surface area contributed by atoms with Crippen LogP contribution in [0.4, 0.5) is 0 Å². The first-order chi connectivity index (χ1) is 8.81. The number of carbonyl (C=O) groups is 2. The maximum Gasteiger partial charge on any atom is 0.239 e. The topological polar surface area (TPSA) is 106 Å². The largest absolute Gasteiger partial charge is 0.377 e. The van der Waals surface area contributed by atoms with Crippen LogP contribution >= 0.6 is 9.03 Å². The van der Waals surface area contributed by atoms with Crippen LogP contribution in [0.3, 0.4) is 0 Å². The Hall–Kier alpha value is -0.790. The number of rotatable bonds is 13. The van der Waals surface area contributed by atoms with E-state index in [0.29, 0.717) is 46.0 Å². The molecule has 0 saturated carbocycles. The Morgan fingerprint density at radius 3 is 2.50 bits per heavy atom. The van der Waals surface area contributed by atoms with E-state index in [1.54, 1.807) is 0 Å². The van der Waals surface area contributed by atoms with Crippen molar-refractivity contribution >= 4 is 21.4 Å². The van der Waals surface area contributed by atoms with Crippen molar-refractivity contribution in [3.05, 3.63) is 0 Å². The van der Waals surface area contributed by atoms with Gasteiger partial charge < -0.3 is 29.5 Å². The normalized spacial score (nSPS) is 10.7. The fourth-order valence-electron chi connectivity index (χ4n) is 0.928. The SMILES string of the molecule is O=CNCC(=O)NCCOCCOCCOPO. The molecule has 0 aliphatic carbocycles. The molecule has 0 rings (SSSR count). The van der Waals surface area contributed by atoms with Crippen molar-refractivity contribution in [3.63, 3.8) is 0 Å². The average molecular weight is 282 g/mol. The third-order valence-corrected chi connectivity index (χ3v) is 2.01. The van der Waals surface area contributed by atoms with Gasteiger partial charge >= 0.3 is 0 Å². The van der Waals surface area contributed by atoms with Gasteiger partial charge in [0.15, 0.2) is 9.03 Å². The van der Waals surface area contributed by atoms with Crippen LogP contribution in [-0.2, 0) is 23.6 Å². The summed E-state index contributed by atoms with van der Waals surface area (Å²) >= 11 is 0. The maximum absolute atomic E-state index is 11.0. The first-order valence-corrected chi connectivity index (χ1v) is 6.27. The van der Waals surface area contributed by atoms with E-state index in [-0.39, 0.29) is 12.5 Å². The van der Waals surface area contributed by atoms with Gasteiger partial charge in [-0.25, -0.2) is 0 Å². The summed E-state index contributed by atoms with van der Waals surface area (Å²) in [6.45, 7) is 2.35. The lowest BCUT2D eigenvalue weighted by molar-refractivity contribution is -0.122. The zero-order valence-electron chi connectivity index (χ0n) is 10.0. The molecule has 0 aliphatic rings. The Morgan fingerprint density at radius 1 is 1.17 bits per heavy atom. The fourth-order valence-corrected chi connectivity index (χ4v) is 1.10. The summed E-state index contributed by atoms with van der Waals surface area (Å²) in [5.74, 6) is -0.260. The van der Waals surface area contributed by atoms with Crippen molar-refractivity contribution in [2.45, 2.75) is 0 Å². The molecule has 106 valence electrons. The molecule has 0 spiro atoms. The number of nitrogens with one attached hydrogen (secondary N) is 2. The van der Waals surface area contributed by atoms with E-state index in [9.17, 15) is 9.59 Å². The molecule has 18 heavy (non-hydrogen) atoms. The number of hydrogen-bond donors (Lipinski definition) is 3. The minimum atomic E-state index is -0.511. The third-order valence-electron chi connectivity index (χ3n) is 1.68. The third kappa shape index (κ3) is 13.3. The van der Waals surface area contributed by atoms with Crippen LogP contribution < -0.4 is 10.6 Å². The van der Waals surface area contributed by atoms with Gasteiger partial charge in [-0.05, 0) is 0 Å². The second-order valence-corrected chi connectivity index (χ2v) is 3.48. The van der Waals surface area contributed by atoms with E-state index in [1.165, 1.54) is 0 Å². The van der Waals surface area contributed by atoms with E-state index in [0.717, 1.165) is 0 Å². The molecular formula is C9H19N2O6P. The van der Waals surface area contributed by atoms with Crippen LogP contribution in [0.1, 0.15) is 0 Å². The van der Waals surface area contributed by atoms with Crippen molar-refractivity contribution in [2.24, 2.45) is 0 Å². The molecule has 0 saturated heterocycles. The Morgan fingerprint density at radius 2 is 1.83 bits per heavy atom. The van der Waals surface area contributed by atoms with Crippen LogP contribution in [0.5, 0.6) is 0 Å². The molecule has 9 heteroatoms. The predicted molar refractivity (Wildman–Crippen MR) is 65.2 cm³/mol. The van der Waals surface area contributed by atoms with E-state index < -0.39 is 9.03 Å². The lowest BCUT2D eigenvalue weighted by Crippen LogP contribution is -2.35. The lowest BCUT2D eigenvalue weighted by atomic mass is 10.5. The fraction of sp³-hybridized carbons (Fsp3) is 0.778. The zero-order valence-corrected chi connectivity index (χ0v) is 11.0. The minimum absolute atomic E-state index is 0.0296. The first-order valence-electron chi connectivity index (χ1n) is 5.41. The average Bonchev–Trinajstić information content (AvgIpc) is 2.38. The van der Waals surface area contributed by atoms with Gasteiger partial charge in [0.1, 0.15) is 0 Å². The van der Waals surface area contributed by atoms with Gasteiger partial charge in [-0.3, -0.25) is 9.59 Å². The molecule has 1 atom stereocenters. The van der Waals surface area contributed by atoms with Gasteiger partial charge in [0.2, 0.25) is 12.3 Å². The number of ether oxygens (including phenoxy) is 2. The standard InChI is InChI=1S/C9H19N2O6P/c12-8-10-7-9(13)11-1-2-15-3-4-16-5-6-17-18-14/h8,14,18H,1-7H2,(H,10,12)(H,11,13). The number of amides is 2. The molecule has 0 aromatic carbocycles. The lowest BCUT2D eigenvalue weighted by Gasteiger charge is -2.07. The summed E-state index contributed by atoms with van der Waals surface area (Å²) in [5.41, 5.74) is 0. The summed E-state index contributed by atoms with van der Waals surface area (Å²) < 4.78 is 15.0. The van der Waals surface area contributed by atoms with Crippen LogP contribution in [0, 0.1) is 0 Å². The highest BCUT2D eigenvalue weighted by molar-refractivity contribution is 7.24. The minimum Gasteiger partial charge on any atom is -0.377 e. The van der Waals surface area contributed by atoms with E-state index in [2.05, 4.69) is 15.2 Å². The second kappa shape index (κ2) is 14.3. The second-order valence-electron chi connectivity index (χ2n) is 3.01. The van der Waals surface area contributed by atoms with Gasteiger partial charge in [0, 0.05) is 6.54 Å². The molecule has 1 unspecified atom stereocenters. The van der Waals surface area contributed by atoms with Gasteiger partial charge in [-0.15, -0.1) is 0 Å². The molecule has 3 N–H and O–H groups in total. The highest BCUT2D eigenvalue weighted by Gasteiger charge is 1.98. The van der Waals surface area contributed by atoms with Gasteiger partial charge in [0.05, 0.1) is 39.6 Å². The molecule has 2 amide bonds. The molecule has 0 aliphatic heterocycles. The highest BCUT2D eigenvalue weighted by Crippen LogP contribution is 2.01. The van der Waals surface area contributed by atoms with Crippen molar-refractivity contribution < 1.29 is 28.5 Å². The van der Waals surface area contributed by atoms with Crippen LogP contribution in [-0.4, -0.2) is 63.3 Å². The zero-order chi connectivity index (χ0) is 13.5. The molecule has 8 nitrogen and oxygen atoms in total. The molecule has 0 aromatic heterocycles. The summed E-state index contributed by atoms with van der Waals surface area (Å²) in [7, 11) is -0.511. The van der Waals surface area contributed by atoms with E-state index in [4.69, 9.17) is 14.4 Å². The molecule has 0 aromatic rings. The number of hydrogen-bond acceptors (Lipinski definition) is 6. The quantitative estimate of drug-likeness (QED) is 0.213. The van der Waals surface area contributed by atoms with Crippen LogP contribution in [0.15, 0.2) is 0 Å².